The van der Waals surface area contributed by atoms with Gasteiger partial charge in [0.15, 0.2) is 11.3 Å². The van der Waals surface area contributed by atoms with Crippen LogP contribution in [0.5, 0.6) is 0 Å². The molecule has 6 rings (SSSR count). The SMILES string of the molecule is Cc1nonc1C(=O)NC(c1cn2ncc(CN3C[C@@H](C(F)(F)F)NC3=O)cc2n1)[C@@H]1C[C@H]2CCC[C@H]2C1. The number of hydrogen-bond donors (Lipinski definition) is 2. The smallest absolute Gasteiger partial charge is 0.342 e. The lowest BCUT2D eigenvalue weighted by Crippen LogP contribution is -2.40. The van der Waals surface area contributed by atoms with Crippen molar-refractivity contribution >= 4 is 17.6 Å². The number of imidazole rings is 1. The van der Waals surface area contributed by atoms with Crippen LogP contribution < -0.4 is 10.6 Å². The van der Waals surface area contributed by atoms with E-state index in [1.165, 1.54) is 25.5 Å². The molecule has 3 fully saturated rings. The van der Waals surface area contributed by atoms with Crippen LogP contribution in [0.15, 0.2) is 23.1 Å². The summed E-state index contributed by atoms with van der Waals surface area (Å²) in [5.41, 5.74) is 2.18. The number of carbonyl (C=O) groups is 2. The Hall–Kier alpha value is -3.71. The number of hydrogen-bond acceptors (Lipinski definition) is 7. The number of halogens is 3. The van der Waals surface area contributed by atoms with Gasteiger partial charge in [-0.1, -0.05) is 24.4 Å². The molecule has 0 radical (unpaired) electrons. The average Bonchev–Trinajstić information content (AvgIpc) is 3.66. The zero-order valence-corrected chi connectivity index (χ0v) is 20.6. The van der Waals surface area contributed by atoms with Crippen LogP contribution in [0.2, 0.25) is 0 Å². The van der Waals surface area contributed by atoms with Crippen molar-refractivity contribution in [3.8, 4) is 0 Å². The number of alkyl halides is 3. The highest BCUT2D eigenvalue weighted by Crippen LogP contribution is 2.50. The molecule has 0 bridgehead atoms. The lowest BCUT2D eigenvalue weighted by molar-refractivity contribution is -0.149. The van der Waals surface area contributed by atoms with E-state index in [-0.39, 0.29) is 24.2 Å². The van der Waals surface area contributed by atoms with Gasteiger partial charge in [-0.25, -0.2) is 18.9 Å². The second kappa shape index (κ2) is 9.24. The lowest BCUT2D eigenvalue weighted by atomic mass is 9.92. The summed E-state index contributed by atoms with van der Waals surface area (Å²) in [4.78, 5) is 31.0. The van der Waals surface area contributed by atoms with E-state index in [1.54, 1.807) is 23.7 Å². The molecular formula is C24H27F3N8O3. The zero-order chi connectivity index (χ0) is 26.6. The van der Waals surface area contributed by atoms with Crippen LogP contribution in [0.4, 0.5) is 18.0 Å². The lowest BCUT2D eigenvalue weighted by Gasteiger charge is -2.23. The molecule has 0 aromatic carbocycles. The fourth-order valence-corrected chi connectivity index (χ4v) is 6.26. The zero-order valence-electron chi connectivity index (χ0n) is 20.6. The normalized spacial score (nSPS) is 26.1. The first kappa shape index (κ1) is 24.6. The molecule has 1 aliphatic heterocycles. The van der Waals surface area contributed by atoms with Crippen molar-refractivity contribution < 1.29 is 27.4 Å². The predicted octanol–water partition coefficient (Wildman–Crippen LogP) is 3.17. The summed E-state index contributed by atoms with van der Waals surface area (Å²) in [6.07, 6.45) is 4.36. The summed E-state index contributed by atoms with van der Waals surface area (Å²) in [6.45, 7) is 1.14. The maximum Gasteiger partial charge on any atom is 0.410 e. The highest BCUT2D eigenvalue weighted by Gasteiger charge is 2.47. The Morgan fingerprint density at radius 1 is 1.26 bits per heavy atom. The molecule has 0 spiro atoms. The number of nitrogens with one attached hydrogen (secondary N) is 2. The Morgan fingerprint density at radius 2 is 2.03 bits per heavy atom. The monoisotopic (exact) mass is 532 g/mol. The molecule has 2 N–H and O–H groups in total. The van der Waals surface area contributed by atoms with Gasteiger partial charge < -0.3 is 15.5 Å². The van der Waals surface area contributed by atoms with E-state index in [4.69, 9.17) is 9.61 Å². The molecule has 3 aromatic rings. The third kappa shape index (κ3) is 4.56. The van der Waals surface area contributed by atoms with Gasteiger partial charge in [-0.05, 0) is 54.3 Å². The van der Waals surface area contributed by atoms with Gasteiger partial charge in [-0.3, -0.25) is 4.79 Å². The van der Waals surface area contributed by atoms with E-state index in [1.807, 2.05) is 5.32 Å². The van der Waals surface area contributed by atoms with Crippen molar-refractivity contribution in [3.05, 3.63) is 41.1 Å². The van der Waals surface area contributed by atoms with E-state index in [9.17, 15) is 22.8 Å². The molecular weight excluding hydrogens is 505 g/mol. The molecule has 11 nitrogen and oxygen atoms in total. The van der Waals surface area contributed by atoms with Crippen LogP contribution >= 0.6 is 0 Å². The van der Waals surface area contributed by atoms with Crippen molar-refractivity contribution in [2.75, 3.05) is 6.54 Å². The second-order valence-corrected chi connectivity index (χ2v) is 10.6. The number of aromatic nitrogens is 5. The fourth-order valence-electron chi connectivity index (χ4n) is 6.26. The number of fused-ring (bicyclic) bond motifs is 2. The summed E-state index contributed by atoms with van der Waals surface area (Å²) in [6, 6.07) is -1.36. The van der Waals surface area contributed by atoms with Gasteiger partial charge in [0.05, 0.1) is 30.7 Å². The molecule has 38 heavy (non-hydrogen) atoms. The van der Waals surface area contributed by atoms with Crippen LogP contribution in [0.3, 0.4) is 0 Å². The van der Waals surface area contributed by atoms with Crippen molar-refractivity contribution in [2.45, 2.75) is 63.8 Å². The maximum absolute atomic E-state index is 13.1. The van der Waals surface area contributed by atoms with Crippen LogP contribution in [0.1, 0.15) is 65.6 Å². The number of carbonyl (C=O) groups excluding carboxylic acids is 2. The van der Waals surface area contributed by atoms with Gasteiger partial charge in [0.1, 0.15) is 11.7 Å². The van der Waals surface area contributed by atoms with Crippen molar-refractivity contribution in [1.82, 2.24) is 40.4 Å². The van der Waals surface area contributed by atoms with E-state index in [2.05, 4.69) is 20.7 Å². The largest absolute Gasteiger partial charge is 0.410 e. The van der Waals surface area contributed by atoms with Crippen LogP contribution in [0, 0.1) is 24.7 Å². The average molecular weight is 533 g/mol. The summed E-state index contributed by atoms with van der Waals surface area (Å²) in [5.74, 6) is 1.08. The van der Waals surface area contributed by atoms with Gasteiger partial charge in [-0.15, -0.1) is 0 Å². The molecule has 4 heterocycles. The topological polar surface area (TPSA) is 131 Å². The van der Waals surface area contributed by atoms with Gasteiger partial charge in [0.25, 0.3) is 5.91 Å². The van der Waals surface area contributed by atoms with Crippen molar-refractivity contribution in [1.29, 1.82) is 0 Å². The Morgan fingerprint density at radius 3 is 2.68 bits per heavy atom. The molecule has 1 saturated heterocycles. The minimum atomic E-state index is -4.51. The molecule has 14 heteroatoms. The minimum Gasteiger partial charge on any atom is -0.342 e. The van der Waals surface area contributed by atoms with Crippen LogP contribution in [-0.2, 0) is 6.54 Å². The number of nitrogens with zero attached hydrogens (tertiary/aromatic N) is 6. The van der Waals surface area contributed by atoms with Gasteiger partial charge in [0.2, 0.25) is 0 Å². The first-order chi connectivity index (χ1) is 18.2. The highest BCUT2D eigenvalue weighted by atomic mass is 19.4. The Bertz CT molecular complexity index is 1360. The third-order valence-electron chi connectivity index (χ3n) is 8.12. The number of urea groups is 1. The molecule has 3 aromatic heterocycles. The highest BCUT2D eigenvalue weighted by molar-refractivity contribution is 5.93. The fraction of sp³-hybridized carbons (Fsp3) is 0.583. The maximum atomic E-state index is 13.1. The van der Waals surface area contributed by atoms with Gasteiger partial charge in [-0.2, -0.15) is 18.3 Å². The molecule has 202 valence electrons. The standard InChI is InChI=1S/C24H27F3N8O3/c1-12-20(33-38-32-12)22(36)31-21(16-6-14-3-2-4-15(14)7-16)17-10-35-19(29-17)5-13(8-28-35)9-34-11-18(24(25,26)27)30-23(34)37/h5,8,10,14-16,18,21H,2-4,6-7,9,11H2,1H3,(H,30,37)(H,31,36)/t14-,15+,16-,18-,21?/m0/s1. The molecule has 3 amide bonds. The van der Waals surface area contributed by atoms with Gasteiger partial charge >= 0.3 is 12.2 Å². The first-order valence-corrected chi connectivity index (χ1v) is 12.7. The van der Waals surface area contributed by atoms with Crippen LogP contribution in [-0.4, -0.2) is 60.5 Å². The first-order valence-electron chi connectivity index (χ1n) is 12.7. The summed E-state index contributed by atoms with van der Waals surface area (Å²) in [7, 11) is 0. The molecule has 2 saturated carbocycles. The molecule has 5 atom stereocenters. The summed E-state index contributed by atoms with van der Waals surface area (Å²) >= 11 is 0. The van der Waals surface area contributed by atoms with E-state index in [0.717, 1.165) is 17.7 Å². The van der Waals surface area contributed by atoms with Crippen molar-refractivity contribution in [3.63, 3.8) is 0 Å². The van der Waals surface area contributed by atoms with E-state index >= 15 is 0 Å². The van der Waals surface area contributed by atoms with E-state index in [0.29, 0.717) is 34.4 Å². The second-order valence-electron chi connectivity index (χ2n) is 10.6. The number of rotatable bonds is 6. The Balaban J connectivity index is 1.25. The van der Waals surface area contributed by atoms with Crippen LogP contribution in [0.25, 0.3) is 5.65 Å². The molecule has 2 aliphatic carbocycles. The summed E-state index contributed by atoms with van der Waals surface area (Å²) in [5, 5.41) is 16.9. The quantitative estimate of drug-likeness (QED) is 0.499. The van der Waals surface area contributed by atoms with Gasteiger partial charge in [0, 0.05) is 6.54 Å². The number of amides is 3. The Labute approximate surface area is 215 Å². The third-order valence-corrected chi connectivity index (χ3v) is 8.12. The van der Waals surface area contributed by atoms with E-state index < -0.39 is 30.7 Å². The predicted molar refractivity (Wildman–Crippen MR) is 125 cm³/mol. The molecule has 1 unspecified atom stereocenters. The van der Waals surface area contributed by atoms with Crippen molar-refractivity contribution in [2.24, 2.45) is 17.8 Å². The number of aryl methyl sites for hydroxylation is 1. The molecule has 3 aliphatic rings. The summed E-state index contributed by atoms with van der Waals surface area (Å²) < 4.78 is 45.4. The Kier molecular flexibility index (Phi) is 5.99. The minimum absolute atomic E-state index is 0.0330.